The third-order valence-electron chi connectivity index (χ3n) is 3.87. The number of hydrogen-bond acceptors (Lipinski definition) is 3. The lowest BCUT2D eigenvalue weighted by Gasteiger charge is -2.41. The summed E-state index contributed by atoms with van der Waals surface area (Å²) in [5, 5.41) is 2.85. The monoisotopic (exact) mass is 264 g/mol. The van der Waals surface area contributed by atoms with Crippen molar-refractivity contribution in [3.05, 3.63) is 18.2 Å². The first-order valence-electron chi connectivity index (χ1n) is 6.59. The molecule has 1 aromatic heterocycles. The van der Waals surface area contributed by atoms with E-state index in [1.165, 1.54) is 0 Å². The lowest BCUT2D eigenvalue weighted by Crippen LogP contribution is -2.65. The summed E-state index contributed by atoms with van der Waals surface area (Å²) in [6.07, 6.45) is 4.73. The molecule has 2 amide bonds. The second-order valence-corrected chi connectivity index (χ2v) is 4.95. The van der Waals surface area contributed by atoms with Gasteiger partial charge in [-0.15, -0.1) is 0 Å². The Kier molecular flexibility index (Phi) is 3.59. The number of nitrogens with one attached hydrogen (secondary N) is 1. The van der Waals surface area contributed by atoms with E-state index in [1.54, 1.807) is 11.1 Å². The van der Waals surface area contributed by atoms with E-state index in [-0.39, 0.29) is 18.4 Å². The zero-order chi connectivity index (χ0) is 14.0. The van der Waals surface area contributed by atoms with E-state index in [0.29, 0.717) is 19.4 Å². The van der Waals surface area contributed by atoms with Crippen molar-refractivity contribution in [3.8, 4) is 0 Å². The van der Waals surface area contributed by atoms with Gasteiger partial charge in [0.2, 0.25) is 11.8 Å². The van der Waals surface area contributed by atoms with Gasteiger partial charge in [-0.25, -0.2) is 4.98 Å². The molecule has 6 nitrogen and oxygen atoms in total. The van der Waals surface area contributed by atoms with Crippen LogP contribution in [-0.4, -0.2) is 38.3 Å². The molecular formula is C13H20N4O2. The lowest BCUT2D eigenvalue weighted by molar-refractivity contribution is -0.151. The minimum absolute atomic E-state index is 0.0138. The number of rotatable bonds is 4. The maximum absolute atomic E-state index is 12.6. The molecule has 1 aromatic rings. The number of amides is 2. The van der Waals surface area contributed by atoms with E-state index >= 15 is 0 Å². The van der Waals surface area contributed by atoms with Crippen molar-refractivity contribution in [1.29, 1.82) is 0 Å². The summed E-state index contributed by atoms with van der Waals surface area (Å²) in [6, 6.07) is 0. The summed E-state index contributed by atoms with van der Waals surface area (Å²) >= 11 is 0. The fourth-order valence-electron chi connectivity index (χ4n) is 2.48. The zero-order valence-corrected chi connectivity index (χ0v) is 11.6. The van der Waals surface area contributed by atoms with E-state index < -0.39 is 5.54 Å². The lowest BCUT2D eigenvalue weighted by atomic mass is 9.89. The highest BCUT2D eigenvalue weighted by molar-refractivity contribution is 5.97. The minimum atomic E-state index is -0.750. The van der Waals surface area contributed by atoms with Crippen molar-refractivity contribution in [2.75, 3.05) is 6.54 Å². The third kappa shape index (κ3) is 2.34. The molecule has 104 valence electrons. The molecule has 0 bridgehead atoms. The van der Waals surface area contributed by atoms with Crippen molar-refractivity contribution in [1.82, 2.24) is 19.8 Å². The summed E-state index contributed by atoms with van der Waals surface area (Å²) in [5.41, 5.74) is -0.750. The molecule has 19 heavy (non-hydrogen) atoms. The molecule has 0 aromatic carbocycles. The van der Waals surface area contributed by atoms with Crippen LogP contribution in [0.2, 0.25) is 0 Å². The van der Waals surface area contributed by atoms with Crippen LogP contribution in [0.1, 0.15) is 32.5 Å². The van der Waals surface area contributed by atoms with E-state index in [2.05, 4.69) is 10.3 Å². The van der Waals surface area contributed by atoms with E-state index in [4.69, 9.17) is 0 Å². The number of aromatic nitrogens is 2. The summed E-state index contributed by atoms with van der Waals surface area (Å²) in [7, 11) is 1.88. The zero-order valence-electron chi connectivity index (χ0n) is 11.6. The smallest absolute Gasteiger partial charge is 0.249 e. The molecule has 1 aliphatic heterocycles. The fourth-order valence-corrected chi connectivity index (χ4v) is 2.48. The Hall–Kier alpha value is -1.85. The van der Waals surface area contributed by atoms with Crippen molar-refractivity contribution >= 4 is 11.8 Å². The van der Waals surface area contributed by atoms with Gasteiger partial charge in [-0.1, -0.05) is 13.8 Å². The Labute approximate surface area is 112 Å². The Morgan fingerprint density at radius 2 is 2.05 bits per heavy atom. The van der Waals surface area contributed by atoms with Gasteiger partial charge >= 0.3 is 0 Å². The molecule has 0 aliphatic carbocycles. The second-order valence-electron chi connectivity index (χ2n) is 4.95. The van der Waals surface area contributed by atoms with Crippen LogP contribution in [0.25, 0.3) is 0 Å². The Morgan fingerprint density at radius 3 is 2.58 bits per heavy atom. The second kappa shape index (κ2) is 5.03. The summed E-state index contributed by atoms with van der Waals surface area (Å²) in [4.78, 5) is 30.2. The van der Waals surface area contributed by atoms with Gasteiger partial charge in [-0.3, -0.25) is 9.59 Å². The van der Waals surface area contributed by atoms with Crippen molar-refractivity contribution < 1.29 is 9.59 Å². The first-order chi connectivity index (χ1) is 9.02. The summed E-state index contributed by atoms with van der Waals surface area (Å²) in [5.74, 6) is 0.668. The van der Waals surface area contributed by atoms with Gasteiger partial charge in [-0.05, 0) is 12.8 Å². The first kappa shape index (κ1) is 13.6. The van der Waals surface area contributed by atoms with E-state index in [9.17, 15) is 9.59 Å². The van der Waals surface area contributed by atoms with Crippen molar-refractivity contribution in [2.45, 2.75) is 38.8 Å². The minimum Gasteiger partial charge on any atom is -0.340 e. The Morgan fingerprint density at radius 1 is 1.37 bits per heavy atom. The van der Waals surface area contributed by atoms with Crippen LogP contribution in [0.5, 0.6) is 0 Å². The van der Waals surface area contributed by atoms with Crippen molar-refractivity contribution in [3.63, 3.8) is 0 Å². The van der Waals surface area contributed by atoms with Gasteiger partial charge in [0.25, 0.3) is 0 Å². The highest BCUT2D eigenvalue weighted by Crippen LogP contribution is 2.23. The highest BCUT2D eigenvalue weighted by atomic mass is 16.2. The predicted molar refractivity (Wildman–Crippen MR) is 70.1 cm³/mol. The van der Waals surface area contributed by atoms with Gasteiger partial charge in [0.15, 0.2) is 0 Å². The van der Waals surface area contributed by atoms with Crippen LogP contribution >= 0.6 is 0 Å². The average molecular weight is 264 g/mol. The molecule has 1 aliphatic rings. The molecule has 1 fully saturated rings. The number of aryl methyl sites for hydroxylation is 1. The molecule has 1 N–H and O–H groups in total. The van der Waals surface area contributed by atoms with Crippen molar-refractivity contribution in [2.24, 2.45) is 7.05 Å². The molecule has 2 rings (SSSR count). The van der Waals surface area contributed by atoms with Crippen LogP contribution in [0.4, 0.5) is 0 Å². The first-order valence-corrected chi connectivity index (χ1v) is 6.59. The van der Waals surface area contributed by atoms with Gasteiger partial charge in [0, 0.05) is 19.4 Å². The van der Waals surface area contributed by atoms with Gasteiger partial charge in [-0.2, -0.15) is 0 Å². The van der Waals surface area contributed by atoms with Crippen LogP contribution in [0, 0.1) is 0 Å². The van der Waals surface area contributed by atoms with E-state index in [0.717, 1.165) is 5.82 Å². The Balaban J connectivity index is 2.23. The van der Waals surface area contributed by atoms with E-state index in [1.807, 2.05) is 31.7 Å². The molecule has 0 saturated carbocycles. The topological polar surface area (TPSA) is 67.2 Å². The summed E-state index contributed by atoms with van der Waals surface area (Å²) < 4.78 is 1.86. The average Bonchev–Trinajstić information content (AvgIpc) is 2.79. The van der Waals surface area contributed by atoms with Crippen LogP contribution in [0.3, 0.4) is 0 Å². The molecule has 1 saturated heterocycles. The third-order valence-corrected chi connectivity index (χ3v) is 3.87. The number of hydrogen-bond donors (Lipinski definition) is 1. The summed E-state index contributed by atoms with van der Waals surface area (Å²) in [6.45, 7) is 4.32. The molecule has 0 spiro atoms. The number of nitrogens with zero attached hydrogens (tertiary/aromatic N) is 3. The van der Waals surface area contributed by atoms with Crippen LogP contribution < -0.4 is 5.32 Å². The molecular weight excluding hydrogens is 244 g/mol. The maximum atomic E-state index is 12.6. The van der Waals surface area contributed by atoms with Gasteiger partial charge in [0.05, 0.1) is 6.54 Å². The normalized spacial score (nSPS) is 18.6. The Bertz CT molecular complexity index is 491. The SMILES string of the molecule is CCC1(CC)NC(=O)CN(Cc2nccn2C)C1=O. The number of carbonyl (C=O) groups is 2. The molecule has 0 unspecified atom stereocenters. The standard InChI is InChI=1S/C13H20N4O2/c1-4-13(5-2)12(19)17(9-11(18)15-13)8-10-14-6-7-16(10)3/h6-7H,4-5,8-9H2,1-3H3,(H,15,18). The van der Waals surface area contributed by atoms with Crippen LogP contribution in [-0.2, 0) is 23.2 Å². The van der Waals surface area contributed by atoms with Gasteiger partial charge in [0.1, 0.15) is 17.9 Å². The molecule has 0 radical (unpaired) electrons. The number of imidazole rings is 1. The largest absolute Gasteiger partial charge is 0.340 e. The quantitative estimate of drug-likeness (QED) is 0.858. The number of carbonyl (C=O) groups excluding carboxylic acids is 2. The maximum Gasteiger partial charge on any atom is 0.249 e. The molecule has 0 atom stereocenters. The fraction of sp³-hybridized carbons (Fsp3) is 0.615. The van der Waals surface area contributed by atoms with Crippen LogP contribution in [0.15, 0.2) is 12.4 Å². The molecule has 6 heteroatoms. The predicted octanol–water partition coefficient (Wildman–Crippen LogP) is 0.437. The molecule has 2 heterocycles. The number of piperazine rings is 1. The van der Waals surface area contributed by atoms with Gasteiger partial charge < -0.3 is 14.8 Å². The highest BCUT2D eigenvalue weighted by Gasteiger charge is 2.44.